The van der Waals surface area contributed by atoms with Gasteiger partial charge in [-0.2, -0.15) is 5.10 Å². The van der Waals surface area contributed by atoms with Gasteiger partial charge in [0.15, 0.2) is 0 Å². The molecule has 7 nitrogen and oxygen atoms in total. The molecule has 4 aromatic heterocycles. The summed E-state index contributed by atoms with van der Waals surface area (Å²) in [7, 11) is 0. The fraction of sp³-hybridized carbons (Fsp3) is 0.133. The molecule has 3 N–H and O–H groups in total. The molecule has 7 rings (SSSR count). The van der Waals surface area contributed by atoms with Gasteiger partial charge in [0.25, 0.3) is 0 Å². The zero-order chi connectivity index (χ0) is 24.8. The summed E-state index contributed by atoms with van der Waals surface area (Å²) in [4.78, 5) is 24.5. The minimum Gasteiger partial charge on any atom is -0.353 e. The van der Waals surface area contributed by atoms with E-state index in [9.17, 15) is 4.79 Å². The third kappa shape index (κ3) is 3.85. The van der Waals surface area contributed by atoms with Crippen molar-refractivity contribution in [2.75, 3.05) is 5.32 Å². The molecule has 0 bridgehead atoms. The molecule has 1 aliphatic rings. The molecular formula is C30H24N6O. The summed E-state index contributed by atoms with van der Waals surface area (Å²) in [6.45, 7) is 0. The highest BCUT2D eigenvalue weighted by Crippen LogP contribution is 2.35. The van der Waals surface area contributed by atoms with E-state index in [-0.39, 0.29) is 11.8 Å². The fourth-order valence-electron chi connectivity index (χ4n) is 5.05. The van der Waals surface area contributed by atoms with Gasteiger partial charge in [0.2, 0.25) is 5.91 Å². The first kappa shape index (κ1) is 21.5. The van der Waals surface area contributed by atoms with Crippen molar-refractivity contribution >= 4 is 33.4 Å². The van der Waals surface area contributed by atoms with E-state index in [1.54, 1.807) is 6.20 Å². The molecule has 1 saturated carbocycles. The van der Waals surface area contributed by atoms with Crippen molar-refractivity contribution in [3.8, 4) is 33.6 Å². The molecule has 6 aromatic rings. The van der Waals surface area contributed by atoms with Crippen LogP contribution < -0.4 is 5.32 Å². The number of fused-ring (bicyclic) bond motifs is 2. The Balaban J connectivity index is 1.26. The van der Waals surface area contributed by atoms with Crippen LogP contribution in [-0.2, 0) is 4.79 Å². The van der Waals surface area contributed by atoms with Crippen LogP contribution in [0.25, 0.3) is 55.4 Å². The second kappa shape index (κ2) is 8.71. The minimum absolute atomic E-state index is 0.0859. The predicted molar refractivity (Wildman–Crippen MR) is 146 cm³/mol. The van der Waals surface area contributed by atoms with E-state index in [4.69, 9.17) is 0 Å². The Labute approximate surface area is 213 Å². The third-order valence-corrected chi connectivity index (χ3v) is 7.29. The highest BCUT2D eigenvalue weighted by atomic mass is 16.1. The van der Waals surface area contributed by atoms with Crippen LogP contribution in [0.5, 0.6) is 0 Å². The summed E-state index contributed by atoms with van der Waals surface area (Å²) in [5, 5.41) is 13.0. The van der Waals surface area contributed by atoms with E-state index in [0.29, 0.717) is 0 Å². The number of rotatable bonds is 5. The second-order valence-corrected chi connectivity index (χ2v) is 9.60. The zero-order valence-electron chi connectivity index (χ0n) is 20.0. The van der Waals surface area contributed by atoms with E-state index in [1.807, 2.05) is 48.9 Å². The van der Waals surface area contributed by atoms with Gasteiger partial charge in [-0.25, -0.2) is 0 Å². The number of benzene rings is 2. The van der Waals surface area contributed by atoms with Gasteiger partial charge in [0, 0.05) is 46.4 Å². The maximum atomic E-state index is 12.4. The van der Waals surface area contributed by atoms with Crippen molar-refractivity contribution in [2.24, 2.45) is 5.92 Å². The van der Waals surface area contributed by atoms with Gasteiger partial charge >= 0.3 is 0 Å². The van der Waals surface area contributed by atoms with Gasteiger partial charge in [-0.05, 0) is 72.0 Å². The molecule has 0 aliphatic heterocycles. The van der Waals surface area contributed by atoms with E-state index < -0.39 is 0 Å². The number of aromatic amines is 2. The first-order valence-corrected chi connectivity index (χ1v) is 12.5. The quantitative estimate of drug-likeness (QED) is 0.258. The van der Waals surface area contributed by atoms with Gasteiger partial charge < -0.3 is 10.3 Å². The van der Waals surface area contributed by atoms with Gasteiger partial charge in [-0.3, -0.25) is 19.9 Å². The monoisotopic (exact) mass is 484 g/mol. The lowest BCUT2D eigenvalue weighted by atomic mass is 9.85. The van der Waals surface area contributed by atoms with Crippen molar-refractivity contribution in [2.45, 2.75) is 19.3 Å². The van der Waals surface area contributed by atoms with Gasteiger partial charge in [0.05, 0.1) is 23.1 Å². The number of nitrogens with zero attached hydrogens (tertiary/aromatic N) is 3. The number of anilines is 1. The number of hydrogen-bond donors (Lipinski definition) is 3. The first-order valence-electron chi connectivity index (χ1n) is 12.5. The van der Waals surface area contributed by atoms with Gasteiger partial charge in [0.1, 0.15) is 5.69 Å². The number of hydrogen-bond acceptors (Lipinski definition) is 4. The molecule has 0 radical (unpaired) electrons. The molecule has 180 valence electrons. The number of pyridine rings is 2. The largest absolute Gasteiger partial charge is 0.353 e. The summed E-state index contributed by atoms with van der Waals surface area (Å²) in [5.74, 6) is 0.214. The molecule has 1 amide bonds. The molecule has 7 heteroatoms. The number of nitrogens with one attached hydrogen (secondary N) is 3. The molecule has 0 unspecified atom stereocenters. The molecule has 0 atom stereocenters. The molecule has 2 aromatic carbocycles. The number of amides is 1. The Kier molecular flexibility index (Phi) is 5.06. The lowest BCUT2D eigenvalue weighted by molar-refractivity contribution is -0.122. The van der Waals surface area contributed by atoms with Gasteiger partial charge in [-0.1, -0.05) is 24.6 Å². The Hall–Kier alpha value is -4.78. The highest BCUT2D eigenvalue weighted by molar-refractivity contribution is 6.02. The molecule has 0 spiro atoms. The van der Waals surface area contributed by atoms with Crippen molar-refractivity contribution < 1.29 is 4.79 Å². The minimum atomic E-state index is 0.0859. The Bertz CT molecular complexity index is 1760. The molecule has 4 heterocycles. The number of carbonyl (C=O) groups is 1. The zero-order valence-corrected chi connectivity index (χ0v) is 20.0. The topological polar surface area (TPSA) is 99.3 Å². The van der Waals surface area contributed by atoms with Crippen LogP contribution in [0.1, 0.15) is 19.3 Å². The van der Waals surface area contributed by atoms with Crippen molar-refractivity contribution in [1.29, 1.82) is 0 Å². The number of aromatic nitrogens is 5. The van der Waals surface area contributed by atoms with Crippen LogP contribution in [0, 0.1) is 5.92 Å². The summed E-state index contributed by atoms with van der Waals surface area (Å²) < 4.78 is 0. The van der Waals surface area contributed by atoms with Crippen molar-refractivity contribution in [3.63, 3.8) is 0 Å². The Morgan fingerprint density at radius 3 is 2.57 bits per heavy atom. The van der Waals surface area contributed by atoms with Crippen LogP contribution in [-0.4, -0.2) is 31.1 Å². The third-order valence-electron chi connectivity index (χ3n) is 7.29. The average Bonchev–Trinajstić information content (AvgIpc) is 3.52. The van der Waals surface area contributed by atoms with Gasteiger partial charge in [-0.15, -0.1) is 0 Å². The molecule has 37 heavy (non-hydrogen) atoms. The van der Waals surface area contributed by atoms with Crippen LogP contribution in [0.4, 0.5) is 5.69 Å². The fourth-order valence-corrected chi connectivity index (χ4v) is 5.05. The lowest BCUT2D eigenvalue weighted by Crippen LogP contribution is -2.28. The van der Waals surface area contributed by atoms with E-state index in [0.717, 1.165) is 80.4 Å². The normalized spacial score (nSPS) is 13.6. The second-order valence-electron chi connectivity index (χ2n) is 9.60. The Morgan fingerprint density at radius 2 is 1.73 bits per heavy atom. The first-order chi connectivity index (χ1) is 18.2. The summed E-state index contributed by atoms with van der Waals surface area (Å²) in [6.07, 6.45) is 10.2. The molecule has 0 saturated heterocycles. The van der Waals surface area contributed by atoms with E-state index in [1.165, 1.54) is 0 Å². The lowest BCUT2D eigenvalue weighted by Gasteiger charge is -2.24. The smallest absolute Gasteiger partial charge is 0.227 e. The van der Waals surface area contributed by atoms with Crippen LogP contribution in [0.2, 0.25) is 0 Å². The molecule has 1 fully saturated rings. The predicted octanol–water partition coefficient (Wildman–Crippen LogP) is 6.57. The standard InChI is InChI=1S/C30H24N6O/c37-30(19-3-1-4-19)33-22-13-21(16-32-17-22)20-7-8-27-25(14-20)29(36-35-27)28-15-24-23(5-2-6-26(24)34-28)18-9-11-31-12-10-18/h2,5-17,19,34H,1,3-4H2,(H,33,37)(H,35,36). The summed E-state index contributed by atoms with van der Waals surface area (Å²) in [6, 6.07) is 20.7. The number of H-pyrrole nitrogens is 2. The average molecular weight is 485 g/mol. The van der Waals surface area contributed by atoms with E-state index in [2.05, 4.69) is 60.8 Å². The Morgan fingerprint density at radius 1 is 0.838 bits per heavy atom. The summed E-state index contributed by atoms with van der Waals surface area (Å²) >= 11 is 0. The molecule has 1 aliphatic carbocycles. The van der Waals surface area contributed by atoms with Crippen LogP contribution in [0.3, 0.4) is 0 Å². The van der Waals surface area contributed by atoms with Crippen LogP contribution in [0.15, 0.2) is 85.5 Å². The summed E-state index contributed by atoms with van der Waals surface area (Å²) in [5.41, 5.74) is 8.75. The highest BCUT2D eigenvalue weighted by Gasteiger charge is 2.25. The maximum Gasteiger partial charge on any atom is 0.227 e. The maximum absolute atomic E-state index is 12.4. The van der Waals surface area contributed by atoms with Crippen LogP contribution >= 0.6 is 0 Å². The number of carbonyl (C=O) groups excluding carboxylic acids is 1. The van der Waals surface area contributed by atoms with Crippen molar-refractivity contribution in [3.05, 3.63) is 85.5 Å². The molecular weight excluding hydrogens is 460 g/mol. The van der Waals surface area contributed by atoms with E-state index >= 15 is 0 Å². The van der Waals surface area contributed by atoms with Crippen molar-refractivity contribution in [1.82, 2.24) is 25.1 Å². The SMILES string of the molecule is O=C(Nc1cncc(-c2ccc3[nH]nc(-c4cc5c(-c6ccncc6)cccc5[nH]4)c3c2)c1)C1CCC1.